The lowest BCUT2D eigenvalue weighted by Crippen LogP contribution is -2.05. The van der Waals surface area contributed by atoms with E-state index >= 15 is 0 Å². The highest BCUT2D eigenvalue weighted by Crippen LogP contribution is 2.37. The van der Waals surface area contributed by atoms with Gasteiger partial charge >= 0.3 is 6.18 Å². The number of methoxy groups -OCH3 is 1. The fourth-order valence-corrected chi connectivity index (χ4v) is 3.30. The van der Waals surface area contributed by atoms with Crippen molar-refractivity contribution in [1.82, 2.24) is 0 Å². The normalized spacial score (nSPS) is 11.4. The van der Waals surface area contributed by atoms with Crippen LogP contribution in [0.2, 0.25) is 0 Å². The van der Waals surface area contributed by atoms with Gasteiger partial charge in [0.2, 0.25) is 0 Å². The Morgan fingerprint density at radius 2 is 1.61 bits per heavy atom. The Balaban J connectivity index is 1.94. The molecule has 1 N–H and O–H groups in total. The van der Waals surface area contributed by atoms with Crippen LogP contribution < -0.4 is 9.47 Å². The topological polar surface area (TPSA) is 47.9 Å². The van der Waals surface area contributed by atoms with Gasteiger partial charge in [0, 0.05) is 7.11 Å². The first kappa shape index (κ1) is 22.5. The highest BCUT2D eigenvalue weighted by Gasteiger charge is 2.30. The zero-order chi connectivity index (χ0) is 22.6. The lowest BCUT2D eigenvalue weighted by molar-refractivity contribution is -0.137. The van der Waals surface area contributed by atoms with Crippen LogP contribution in [0.15, 0.2) is 54.6 Å². The molecule has 164 valence electrons. The fourth-order valence-electron chi connectivity index (χ4n) is 3.30. The molecular formula is C24H23F3O4. The minimum absolute atomic E-state index is 0.0333. The SMILES string of the molecule is COCOc1ccc(Cc2c(C)cc(O)cc2C)cc1Oc1cccc(C(F)(F)F)c1. The van der Waals surface area contributed by atoms with E-state index in [0.29, 0.717) is 12.2 Å². The lowest BCUT2D eigenvalue weighted by atomic mass is 9.95. The molecule has 0 aromatic heterocycles. The molecule has 4 nitrogen and oxygen atoms in total. The van der Waals surface area contributed by atoms with Gasteiger partial charge < -0.3 is 19.3 Å². The monoisotopic (exact) mass is 432 g/mol. The molecule has 0 saturated heterocycles. The number of halogens is 3. The summed E-state index contributed by atoms with van der Waals surface area (Å²) in [6.07, 6.45) is -3.91. The van der Waals surface area contributed by atoms with Crippen molar-refractivity contribution in [3.8, 4) is 23.0 Å². The van der Waals surface area contributed by atoms with Crippen LogP contribution in [0.1, 0.15) is 27.8 Å². The summed E-state index contributed by atoms with van der Waals surface area (Å²) < 4.78 is 55.4. The van der Waals surface area contributed by atoms with Gasteiger partial charge in [-0.1, -0.05) is 12.1 Å². The summed E-state index contributed by atoms with van der Waals surface area (Å²) in [5.74, 6) is 0.881. The Morgan fingerprint density at radius 1 is 0.903 bits per heavy atom. The van der Waals surface area contributed by atoms with Crippen LogP contribution in [0.4, 0.5) is 13.2 Å². The van der Waals surface area contributed by atoms with E-state index in [1.54, 1.807) is 24.3 Å². The summed E-state index contributed by atoms with van der Waals surface area (Å²) in [4.78, 5) is 0. The summed E-state index contributed by atoms with van der Waals surface area (Å²) >= 11 is 0. The first-order chi connectivity index (χ1) is 14.7. The number of aromatic hydroxyl groups is 1. The molecule has 0 aliphatic carbocycles. The van der Waals surface area contributed by atoms with Crippen molar-refractivity contribution in [1.29, 1.82) is 0 Å². The molecule has 0 radical (unpaired) electrons. The minimum atomic E-state index is -4.47. The number of ether oxygens (including phenoxy) is 3. The Hall–Kier alpha value is -3.19. The average Bonchev–Trinajstić information content (AvgIpc) is 2.69. The average molecular weight is 432 g/mol. The van der Waals surface area contributed by atoms with E-state index in [-0.39, 0.29) is 24.0 Å². The number of phenolic OH excluding ortho intramolecular Hbond substituents is 1. The smallest absolute Gasteiger partial charge is 0.416 e. The van der Waals surface area contributed by atoms with E-state index < -0.39 is 11.7 Å². The van der Waals surface area contributed by atoms with Gasteiger partial charge in [0.15, 0.2) is 18.3 Å². The van der Waals surface area contributed by atoms with Crippen molar-refractivity contribution in [2.24, 2.45) is 0 Å². The van der Waals surface area contributed by atoms with Gasteiger partial charge in [0.1, 0.15) is 11.5 Å². The Kier molecular flexibility index (Phi) is 6.75. The molecule has 0 aliphatic heterocycles. The van der Waals surface area contributed by atoms with Crippen LogP contribution in [-0.2, 0) is 17.3 Å². The molecule has 0 saturated carbocycles. The van der Waals surface area contributed by atoms with E-state index in [4.69, 9.17) is 14.2 Å². The number of hydrogen-bond donors (Lipinski definition) is 1. The van der Waals surface area contributed by atoms with Gasteiger partial charge in [0.25, 0.3) is 0 Å². The number of rotatable bonds is 7. The van der Waals surface area contributed by atoms with E-state index in [2.05, 4.69) is 0 Å². The molecule has 0 fully saturated rings. The third kappa shape index (κ3) is 5.70. The van der Waals surface area contributed by atoms with Crippen LogP contribution in [-0.4, -0.2) is 19.0 Å². The van der Waals surface area contributed by atoms with E-state index in [0.717, 1.165) is 34.4 Å². The van der Waals surface area contributed by atoms with Gasteiger partial charge in [-0.2, -0.15) is 13.2 Å². The molecule has 0 heterocycles. The van der Waals surface area contributed by atoms with Crippen LogP contribution >= 0.6 is 0 Å². The second kappa shape index (κ2) is 9.31. The summed E-state index contributed by atoms with van der Waals surface area (Å²) in [5.41, 5.74) is 3.02. The van der Waals surface area contributed by atoms with Crippen molar-refractivity contribution in [2.75, 3.05) is 13.9 Å². The third-order valence-corrected chi connectivity index (χ3v) is 4.79. The van der Waals surface area contributed by atoms with E-state index in [9.17, 15) is 18.3 Å². The predicted octanol–water partition coefficient (Wildman–Crippen LogP) is 6.39. The molecule has 0 aliphatic rings. The Morgan fingerprint density at radius 3 is 2.26 bits per heavy atom. The van der Waals surface area contributed by atoms with Crippen LogP contribution in [0.5, 0.6) is 23.0 Å². The minimum Gasteiger partial charge on any atom is -0.508 e. The summed E-state index contributed by atoms with van der Waals surface area (Å²) in [6.45, 7) is 3.80. The standard InChI is InChI=1S/C24H23F3O4/c1-15-9-19(28)10-16(2)21(15)11-17-7-8-22(30-14-29-3)23(12-17)31-20-6-4-5-18(13-20)24(25,26)27/h4-10,12-13,28H,11,14H2,1-3H3. The zero-order valence-corrected chi connectivity index (χ0v) is 17.4. The van der Waals surface area contributed by atoms with Crippen LogP contribution in [0.3, 0.4) is 0 Å². The third-order valence-electron chi connectivity index (χ3n) is 4.79. The van der Waals surface area contributed by atoms with Crippen molar-refractivity contribution >= 4 is 0 Å². The number of phenols is 1. The fraction of sp³-hybridized carbons (Fsp3) is 0.250. The van der Waals surface area contributed by atoms with Gasteiger partial charge in [-0.15, -0.1) is 0 Å². The van der Waals surface area contributed by atoms with Gasteiger partial charge in [-0.05, 0) is 85.0 Å². The summed E-state index contributed by atoms with van der Waals surface area (Å²) in [5, 5.41) is 9.76. The Labute approximate surface area is 178 Å². The van der Waals surface area contributed by atoms with E-state index in [1.807, 2.05) is 19.9 Å². The van der Waals surface area contributed by atoms with Gasteiger partial charge in [-0.25, -0.2) is 0 Å². The maximum Gasteiger partial charge on any atom is 0.416 e. The number of hydrogen-bond acceptors (Lipinski definition) is 4. The maximum absolute atomic E-state index is 13.0. The van der Waals surface area contributed by atoms with Gasteiger partial charge in [-0.3, -0.25) is 0 Å². The van der Waals surface area contributed by atoms with Crippen molar-refractivity contribution in [3.63, 3.8) is 0 Å². The largest absolute Gasteiger partial charge is 0.508 e. The van der Waals surface area contributed by atoms with Crippen LogP contribution in [0, 0.1) is 13.8 Å². The predicted molar refractivity (Wildman–Crippen MR) is 111 cm³/mol. The molecule has 31 heavy (non-hydrogen) atoms. The number of alkyl halides is 3. The number of benzene rings is 3. The second-order valence-electron chi connectivity index (χ2n) is 7.19. The molecule has 3 aromatic rings. The molecule has 0 amide bonds. The molecule has 3 aromatic carbocycles. The quantitative estimate of drug-likeness (QED) is 0.439. The molecule has 0 spiro atoms. The molecule has 0 unspecified atom stereocenters. The first-order valence-electron chi connectivity index (χ1n) is 9.56. The van der Waals surface area contributed by atoms with Crippen LogP contribution in [0.25, 0.3) is 0 Å². The summed E-state index contributed by atoms with van der Waals surface area (Å²) in [7, 11) is 1.47. The molecule has 7 heteroatoms. The first-order valence-corrected chi connectivity index (χ1v) is 9.56. The van der Waals surface area contributed by atoms with E-state index in [1.165, 1.54) is 19.2 Å². The summed E-state index contributed by atoms with van der Waals surface area (Å²) in [6, 6.07) is 13.4. The van der Waals surface area contributed by atoms with Gasteiger partial charge in [0.05, 0.1) is 5.56 Å². The maximum atomic E-state index is 13.0. The highest BCUT2D eigenvalue weighted by molar-refractivity contribution is 5.49. The molecule has 3 rings (SSSR count). The zero-order valence-electron chi connectivity index (χ0n) is 17.4. The Bertz CT molecular complexity index is 1040. The van der Waals surface area contributed by atoms with Crippen molar-refractivity contribution in [2.45, 2.75) is 26.4 Å². The molecule has 0 atom stereocenters. The number of aryl methyl sites for hydroxylation is 2. The second-order valence-corrected chi connectivity index (χ2v) is 7.19. The van der Waals surface area contributed by atoms with Crippen molar-refractivity contribution < 1.29 is 32.5 Å². The highest BCUT2D eigenvalue weighted by atomic mass is 19.4. The molecular weight excluding hydrogens is 409 g/mol. The molecule has 0 bridgehead atoms. The lowest BCUT2D eigenvalue weighted by Gasteiger charge is -2.16. The van der Waals surface area contributed by atoms with Crippen molar-refractivity contribution in [3.05, 3.63) is 82.4 Å².